The molecule has 0 saturated heterocycles. The van der Waals surface area contributed by atoms with Crippen molar-refractivity contribution in [2.45, 2.75) is 0 Å². The van der Waals surface area contributed by atoms with E-state index in [1.807, 2.05) is 36.4 Å². The lowest BCUT2D eigenvalue weighted by atomic mass is 10.3. The lowest BCUT2D eigenvalue weighted by Gasteiger charge is -2.05. The SMILES string of the molecule is Cn1ncc(C#N)c1Oc1ccccc1. The van der Waals surface area contributed by atoms with E-state index in [2.05, 4.69) is 5.10 Å². The number of aryl methyl sites for hydroxylation is 1. The van der Waals surface area contributed by atoms with Crippen molar-refractivity contribution >= 4 is 0 Å². The zero-order chi connectivity index (χ0) is 10.7. The summed E-state index contributed by atoms with van der Waals surface area (Å²) in [4.78, 5) is 0. The number of hydrogen-bond acceptors (Lipinski definition) is 3. The fourth-order valence-corrected chi connectivity index (χ4v) is 1.22. The molecule has 0 bridgehead atoms. The molecular weight excluding hydrogens is 190 g/mol. The van der Waals surface area contributed by atoms with Crippen LogP contribution in [-0.4, -0.2) is 9.78 Å². The van der Waals surface area contributed by atoms with Crippen molar-refractivity contribution in [1.29, 1.82) is 5.26 Å². The number of ether oxygens (including phenoxy) is 1. The minimum absolute atomic E-state index is 0.432. The van der Waals surface area contributed by atoms with E-state index in [-0.39, 0.29) is 0 Å². The number of hydrogen-bond donors (Lipinski definition) is 0. The van der Waals surface area contributed by atoms with Crippen LogP contribution in [0, 0.1) is 11.3 Å². The lowest BCUT2D eigenvalue weighted by molar-refractivity contribution is 0.429. The van der Waals surface area contributed by atoms with Gasteiger partial charge in [-0.1, -0.05) is 18.2 Å². The smallest absolute Gasteiger partial charge is 0.235 e. The van der Waals surface area contributed by atoms with Crippen molar-refractivity contribution in [2.24, 2.45) is 7.05 Å². The molecule has 0 spiro atoms. The maximum Gasteiger partial charge on any atom is 0.235 e. The largest absolute Gasteiger partial charge is 0.438 e. The Morgan fingerprint density at radius 3 is 2.73 bits per heavy atom. The van der Waals surface area contributed by atoms with Crippen molar-refractivity contribution in [3.8, 4) is 17.7 Å². The average molecular weight is 199 g/mol. The van der Waals surface area contributed by atoms with E-state index in [0.29, 0.717) is 17.2 Å². The number of nitrogens with zero attached hydrogens (tertiary/aromatic N) is 3. The van der Waals surface area contributed by atoms with Gasteiger partial charge in [-0.15, -0.1) is 0 Å². The number of rotatable bonds is 2. The standard InChI is InChI=1S/C11H9N3O/c1-14-11(9(7-12)8-13-14)15-10-5-3-2-4-6-10/h2-6,8H,1H3. The minimum Gasteiger partial charge on any atom is -0.438 e. The van der Waals surface area contributed by atoms with Gasteiger partial charge in [0.25, 0.3) is 0 Å². The highest BCUT2D eigenvalue weighted by Crippen LogP contribution is 2.23. The summed E-state index contributed by atoms with van der Waals surface area (Å²) >= 11 is 0. The third-order valence-electron chi connectivity index (χ3n) is 1.96. The molecule has 0 fully saturated rings. The summed E-state index contributed by atoms with van der Waals surface area (Å²) in [6, 6.07) is 11.3. The van der Waals surface area contributed by atoms with Crippen LogP contribution in [-0.2, 0) is 7.05 Å². The van der Waals surface area contributed by atoms with Crippen molar-refractivity contribution in [3.05, 3.63) is 42.1 Å². The summed E-state index contributed by atoms with van der Waals surface area (Å²) in [6.45, 7) is 0. The van der Waals surface area contributed by atoms with Crippen LogP contribution in [0.3, 0.4) is 0 Å². The van der Waals surface area contributed by atoms with E-state index in [1.165, 1.54) is 10.9 Å². The van der Waals surface area contributed by atoms with Crippen molar-refractivity contribution < 1.29 is 4.74 Å². The third-order valence-corrected chi connectivity index (χ3v) is 1.96. The minimum atomic E-state index is 0.432. The summed E-state index contributed by atoms with van der Waals surface area (Å²) in [5.41, 5.74) is 0.432. The number of nitriles is 1. The van der Waals surface area contributed by atoms with E-state index in [4.69, 9.17) is 10.00 Å². The first kappa shape index (κ1) is 9.28. The molecule has 0 aliphatic carbocycles. The summed E-state index contributed by atoms with van der Waals surface area (Å²) in [5, 5.41) is 12.8. The first-order chi connectivity index (χ1) is 7.31. The Kier molecular flexibility index (Phi) is 2.38. The third kappa shape index (κ3) is 1.81. The second-order valence-electron chi connectivity index (χ2n) is 3.01. The van der Waals surface area contributed by atoms with Gasteiger partial charge in [-0.25, -0.2) is 4.68 Å². The van der Waals surface area contributed by atoms with Crippen molar-refractivity contribution in [1.82, 2.24) is 9.78 Å². The molecule has 2 rings (SSSR count). The van der Waals surface area contributed by atoms with Crippen LogP contribution < -0.4 is 4.74 Å². The molecule has 1 heterocycles. The van der Waals surface area contributed by atoms with Crippen LogP contribution in [0.5, 0.6) is 11.6 Å². The van der Waals surface area contributed by atoms with Gasteiger partial charge in [-0.3, -0.25) is 0 Å². The van der Waals surface area contributed by atoms with Gasteiger partial charge in [-0.2, -0.15) is 10.4 Å². The monoisotopic (exact) mass is 199 g/mol. The molecule has 2 aromatic rings. The van der Waals surface area contributed by atoms with Crippen LogP contribution in [0.2, 0.25) is 0 Å². The molecule has 0 radical (unpaired) electrons. The number of para-hydroxylation sites is 1. The molecule has 4 nitrogen and oxygen atoms in total. The van der Waals surface area contributed by atoms with E-state index in [0.717, 1.165) is 0 Å². The molecule has 4 heteroatoms. The van der Waals surface area contributed by atoms with Gasteiger partial charge in [0.1, 0.15) is 17.4 Å². The van der Waals surface area contributed by atoms with E-state index >= 15 is 0 Å². The molecular formula is C11H9N3O. The van der Waals surface area contributed by atoms with E-state index < -0.39 is 0 Å². The van der Waals surface area contributed by atoms with Gasteiger partial charge < -0.3 is 4.74 Å². The maximum atomic E-state index is 8.83. The fraction of sp³-hybridized carbons (Fsp3) is 0.0909. The Bertz CT molecular complexity index is 496. The second-order valence-corrected chi connectivity index (χ2v) is 3.01. The number of aromatic nitrogens is 2. The lowest BCUT2D eigenvalue weighted by Crippen LogP contribution is -1.95. The second kappa shape index (κ2) is 3.84. The predicted molar refractivity (Wildman–Crippen MR) is 54.4 cm³/mol. The van der Waals surface area contributed by atoms with Gasteiger partial charge in [0.05, 0.1) is 6.20 Å². The van der Waals surface area contributed by atoms with Crippen LogP contribution in [0.15, 0.2) is 36.5 Å². The van der Waals surface area contributed by atoms with Crippen molar-refractivity contribution in [2.75, 3.05) is 0 Å². The molecule has 0 aliphatic rings. The normalized spacial score (nSPS) is 9.60. The molecule has 0 amide bonds. The zero-order valence-corrected chi connectivity index (χ0v) is 8.21. The van der Waals surface area contributed by atoms with Crippen LogP contribution >= 0.6 is 0 Å². The molecule has 0 unspecified atom stereocenters. The highest BCUT2D eigenvalue weighted by Gasteiger charge is 2.09. The quantitative estimate of drug-likeness (QED) is 0.744. The molecule has 0 atom stereocenters. The van der Waals surface area contributed by atoms with Crippen LogP contribution in [0.25, 0.3) is 0 Å². The summed E-state index contributed by atoms with van der Waals surface area (Å²) in [7, 11) is 1.74. The topological polar surface area (TPSA) is 50.8 Å². The molecule has 74 valence electrons. The molecule has 0 N–H and O–H groups in total. The Labute approximate surface area is 87.3 Å². The summed E-state index contributed by atoms with van der Waals surface area (Å²) in [6.07, 6.45) is 1.48. The molecule has 1 aromatic heterocycles. The maximum absolute atomic E-state index is 8.83. The average Bonchev–Trinajstić information content (AvgIpc) is 2.62. The van der Waals surface area contributed by atoms with E-state index in [1.54, 1.807) is 7.05 Å². The highest BCUT2D eigenvalue weighted by atomic mass is 16.5. The molecule has 0 saturated carbocycles. The van der Waals surface area contributed by atoms with E-state index in [9.17, 15) is 0 Å². The molecule has 15 heavy (non-hydrogen) atoms. The molecule has 0 aliphatic heterocycles. The summed E-state index contributed by atoms with van der Waals surface area (Å²) in [5.74, 6) is 1.15. The van der Waals surface area contributed by atoms with Crippen LogP contribution in [0.4, 0.5) is 0 Å². The van der Waals surface area contributed by atoms with Gasteiger partial charge in [0.2, 0.25) is 5.88 Å². The van der Waals surface area contributed by atoms with Crippen LogP contribution in [0.1, 0.15) is 5.56 Å². The predicted octanol–water partition coefficient (Wildman–Crippen LogP) is 2.08. The van der Waals surface area contributed by atoms with Crippen molar-refractivity contribution in [3.63, 3.8) is 0 Å². The Balaban J connectivity index is 2.33. The van der Waals surface area contributed by atoms with Gasteiger partial charge >= 0.3 is 0 Å². The van der Waals surface area contributed by atoms with Gasteiger partial charge in [0, 0.05) is 7.05 Å². The Morgan fingerprint density at radius 2 is 2.07 bits per heavy atom. The van der Waals surface area contributed by atoms with Gasteiger partial charge in [-0.05, 0) is 12.1 Å². The Morgan fingerprint density at radius 1 is 1.33 bits per heavy atom. The zero-order valence-electron chi connectivity index (χ0n) is 8.21. The first-order valence-electron chi connectivity index (χ1n) is 4.46. The fourth-order valence-electron chi connectivity index (χ4n) is 1.22. The summed E-state index contributed by atoms with van der Waals surface area (Å²) < 4.78 is 7.08. The first-order valence-corrected chi connectivity index (χ1v) is 4.46. The Hall–Kier alpha value is -2.28. The molecule has 1 aromatic carbocycles. The number of benzene rings is 1. The van der Waals surface area contributed by atoms with Gasteiger partial charge in [0.15, 0.2) is 0 Å². The highest BCUT2D eigenvalue weighted by molar-refractivity contribution is 5.39.